The number of para-hydroxylation sites is 2. The van der Waals surface area contributed by atoms with E-state index in [0.29, 0.717) is 5.56 Å². The summed E-state index contributed by atoms with van der Waals surface area (Å²) in [6, 6.07) is 22.6. The fourth-order valence-electron chi connectivity index (χ4n) is 3.42. The Morgan fingerprint density at radius 3 is 2.56 bits per heavy atom. The first kappa shape index (κ1) is 16.0. The predicted molar refractivity (Wildman–Crippen MR) is 110 cm³/mol. The van der Waals surface area contributed by atoms with Gasteiger partial charge in [0.25, 0.3) is 0 Å². The van der Waals surface area contributed by atoms with Gasteiger partial charge in [-0.25, -0.2) is 9.37 Å². The summed E-state index contributed by atoms with van der Waals surface area (Å²) in [5.74, 6) is -0.235. The van der Waals surface area contributed by atoms with E-state index in [9.17, 15) is 4.39 Å². The number of aromatic amines is 1. The Hall–Kier alpha value is -3.18. The van der Waals surface area contributed by atoms with Crippen molar-refractivity contribution in [2.45, 2.75) is 6.04 Å². The summed E-state index contributed by atoms with van der Waals surface area (Å²) in [7, 11) is 0. The van der Waals surface area contributed by atoms with Crippen LogP contribution in [0.25, 0.3) is 21.1 Å². The number of anilines is 1. The monoisotopic (exact) mass is 373 g/mol. The van der Waals surface area contributed by atoms with E-state index in [2.05, 4.69) is 21.4 Å². The number of fused-ring (bicyclic) bond motifs is 2. The zero-order valence-electron chi connectivity index (χ0n) is 14.3. The Kier molecular flexibility index (Phi) is 3.87. The van der Waals surface area contributed by atoms with E-state index in [-0.39, 0.29) is 11.9 Å². The van der Waals surface area contributed by atoms with Crippen LogP contribution in [-0.2, 0) is 0 Å². The van der Waals surface area contributed by atoms with Gasteiger partial charge in [0, 0.05) is 28.2 Å². The van der Waals surface area contributed by atoms with Gasteiger partial charge in [0.2, 0.25) is 0 Å². The highest BCUT2D eigenvalue weighted by Crippen LogP contribution is 2.35. The van der Waals surface area contributed by atoms with Crippen molar-refractivity contribution in [3.63, 3.8) is 0 Å². The molecule has 3 nitrogen and oxygen atoms in total. The summed E-state index contributed by atoms with van der Waals surface area (Å²) >= 11 is 1.57. The first-order valence-electron chi connectivity index (χ1n) is 8.72. The van der Waals surface area contributed by atoms with Crippen molar-refractivity contribution in [1.29, 1.82) is 0 Å². The number of benzene rings is 3. The largest absolute Gasteiger partial charge is 0.361 e. The molecular weight excluding hydrogens is 357 g/mol. The van der Waals surface area contributed by atoms with Crippen LogP contribution in [0.3, 0.4) is 0 Å². The first-order chi connectivity index (χ1) is 13.3. The summed E-state index contributed by atoms with van der Waals surface area (Å²) in [5.41, 5.74) is 3.56. The molecule has 5 heteroatoms. The van der Waals surface area contributed by atoms with Crippen LogP contribution >= 0.6 is 11.3 Å². The molecule has 1 unspecified atom stereocenters. The molecule has 2 aromatic heterocycles. The van der Waals surface area contributed by atoms with Gasteiger partial charge < -0.3 is 10.3 Å². The predicted octanol–water partition coefficient (Wildman–Crippen LogP) is 6.12. The summed E-state index contributed by atoms with van der Waals surface area (Å²) in [4.78, 5) is 7.96. The van der Waals surface area contributed by atoms with Crippen molar-refractivity contribution in [2.24, 2.45) is 0 Å². The highest BCUT2D eigenvalue weighted by Gasteiger charge is 2.22. The zero-order valence-corrected chi connectivity index (χ0v) is 15.1. The van der Waals surface area contributed by atoms with Crippen LogP contribution in [0.15, 0.2) is 79.0 Å². The van der Waals surface area contributed by atoms with Gasteiger partial charge in [-0.05, 0) is 24.3 Å². The summed E-state index contributed by atoms with van der Waals surface area (Å²) in [5, 5.41) is 5.31. The van der Waals surface area contributed by atoms with Crippen LogP contribution in [0.5, 0.6) is 0 Å². The van der Waals surface area contributed by atoms with Gasteiger partial charge in [0.1, 0.15) is 5.82 Å². The number of hydrogen-bond donors (Lipinski definition) is 2. The van der Waals surface area contributed by atoms with E-state index in [1.165, 1.54) is 6.07 Å². The molecule has 0 radical (unpaired) electrons. The average molecular weight is 373 g/mol. The topological polar surface area (TPSA) is 40.7 Å². The van der Waals surface area contributed by atoms with Crippen LogP contribution in [0.4, 0.5) is 9.52 Å². The highest BCUT2D eigenvalue weighted by molar-refractivity contribution is 7.22. The number of rotatable bonds is 4. The number of nitrogens with zero attached hydrogens (tertiary/aromatic N) is 1. The minimum absolute atomic E-state index is 0.235. The highest BCUT2D eigenvalue weighted by atomic mass is 32.1. The Morgan fingerprint density at radius 2 is 1.67 bits per heavy atom. The summed E-state index contributed by atoms with van der Waals surface area (Å²) in [6.07, 6.45) is 1.95. The third-order valence-electron chi connectivity index (χ3n) is 4.71. The average Bonchev–Trinajstić information content (AvgIpc) is 3.30. The molecule has 132 valence electrons. The summed E-state index contributed by atoms with van der Waals surface area (Å²) < 4.78 is 15.8. The SMILES string of the molecule is Fc1ccccc1C(Nc1nc2ccccc2s1)c1c[nH]c2ccccc12. The molecule has 5 rings (SSSR count). The Balaban J connectivity index is 1.65. The van der Waals surface area contributed by atoms with Gasteiger partial charge in [0.15, 0.2) is 5.13 Å². The second-order valence-corrected chi connectivity index (χ2v) is 7.41. The molecule has 0 saturated heterocycles. The maximum atomic E-state index is 14.7. The third kappa shape index (κ3) is 2.86. The van der Waals surface area contributed by atoms with Gasteiger partial charge in [-0.2, -0.15) is 0 Å². The van der Waals surface area contributed by atoms with Crippen molar-refractivity contribution in [1.82, 2.24) is 9.97 Å². The molecule has 27 heavy (non-hydrogen) atoms. The van der Waals surface area contributed by atoms with E-state index in [1.807, 2.05) is 60.8 Å². The zero-order chi connectivity index (χ0) is 18.2. The number of hydrogen-bond acceptors (Lipinski definition) is 3. The van der Waals surface area contributed by atoms with Crippen LogP contribution in [0.1, 0.15) is 17.2 Å². The number of aromatic nitrogens is 2. The van der Waals surface area contributed by atoms with Gasteiger partial charge in [0.05, 0.1) is 16.3 Å². The van der Waals surface area contributed by atoms with Crippen molar-refractivity contribution < 1.29 is 4.39 Å². The second kappa shape index (κ2) is 6.52. The fourth-order valence-corrected chi connectivity index (χ4v) is 4.32. The lowest BCUT2D eigenvalue weighted by atomic mass is 9.98. The van der Waals surface area contributed by atoms with E-state index in [0.717, 1.165) is 31.8 Å². The van der Waals surface area contributed by atoms with Crippen molar-refractivity contribution in [2.75, 3.05) is 5.32 Å². The molecule has 0 amide bonds. The number of H-pyrrole nitrogens is 1. The van der Waals surface area contributed by atoms with Gasteiger partial charge >= 0.3 is 0 Å². The number of thiazole rings is 1. The van der Waals surface area contributed by atoms with Gasteiger partial charge in [-0.3, -0.25) is 0 Å². The Labute approximate surface area is 159 Å². The maximum Gasteiger partial charge on any atom is 0.184 e. The normalized spacial score (nSPS) is 12.5. The number of nitrogens with one attached hydrogen (secondary N) is 2. The molecule has 0 bridgehead atoms. The molecule has 0 aliphatic rings. The number of halogens is 1. The summed E-state index contributed by atoms with van der Waals surface area (Å²) in [6.45, 7) is 0. The second-order valence-electron chi connectivity index (χ2n) is 6.38. The van der Waals surface area contributed by atoms with Crippen LogP contribution in [0.2, 0.25) is 0 Å². The minimum atomic E-state index is -0.345. The van der Waals surface area contributed by atoms with Crippen molar-refractivity contribution in [3.8, 4) is 0 Å². The Morgan fingerprint density at radius 1 is 0.889 bits per heavy atom. The van der Waals surface area contributed by atoms with Crippen LogP contribution in [-0.4, -0.2) is 9.97 Å². The molecule has 2 heterocycles. The lowest BCUT2D eigenvalue weighted by Gasteiger charge is -2.19. The minimum Gasteiger partial charge on any atom is -0.361 e. The quantitative estimate of drug-likeness (QED) is 0.398. The first-order valence-corrected chi connectivity index (χ1v) is 9.54. The molecular formula is C22H16FN3S. The van der Waals surface area contributed by atoms with Crippen LogP contribution in [0, 0.1) is 5.82 Å². The van der Waals surface area contributed by atoms with Crippen molar-refractivity contribution >= 4 is 37.6 Å². The standard InChI is InChI=1S/C22H16FN3S/c23-17-9-3-1-8-15(17)21(16-13-24-18-10-4-2-7-14(16)18)26-22-25-19-11-5-6-12-20(19)27-22/h1-13,21,24H,(H,25,26). The van der Waals surface area contributed by atoms with E-state index in [1.54, 1.807) is 17.4 Å². The van der Waals surface area contributed by atoms with Gasteiger partial charge in [-0.1, -0.05) is 59.9 Å². The smallest absolute Gasteiger partial charge is 0.184 e. The van der Waals surface area contributed by atoms with E-state index in [4.69, 9.17) is 0 Å². The van der Waals surface area contributed by atoms with Crippen LogP contribution < -0.4 is 5.32 Å². The Bertz CT molecular complexity index is 1210. The molecule has 0 fully saturated rings. The van der Waals surface area contributed by atoms with E-state index < -0.39 is 0 Å². The lowest BCUT2D eigenvalue weighted by molar-refractivity contribution is 0.605. The molecule has 3 aromatic carbocycles. The molecule has 0 spiro atoms. The third-order valence-corrected chi connectivity index (χ3v) is 5.68. The lowest BCUT2D eigenvalue weighted by Crippen LogP contribution is -2.13. The molecule has 1 atom stereocenters. The molecule has 5 aromatic rings. The van der Waals surface area contributed by atoms with E-state index >= 15 is 0 Å². The molecule has 2 N–H and O–H groups in total. The molecule has 0 aliphatic heterocycles. The maximum absolute atomic E-state index is 14.7. The van der Waals surface area contributed by atoms with Gasteiger partial charge in [-0.15, -0.1) is 0 Å². The molecule has 0 aliphatic carbocycles. The fraction of sp³-hybridized carbons (Fsp3) is 0.0455. The molecule has 0 saturated carbocycles. The van der Waals surface area contributed by atoms with Crippen molar-refractivity contribution in [3.05, 3.63) is 95.9 Å².